The van der Waals surface area contributed by atoms with E-state index in [1.807, 2.05) is 37.9 Å². The Kier molecular flexibility index (Phi) is 5.02. The molecule has 1 heterocycles. The summed E-state index contributed by atoms with van der Waals surface area (Å²) in [5, 5.41) is 0. The van der Waals surface area contributed by atoms with Crippen molar-refractivity contribution in [3.63, 3.8) is 0 Å². The van der Waals surface area contributed by atoms with Crippen LogP contribution < -0.4 is 10.6 Å². The third-order valence-electron chi connectivity index (χ3n) is 3.87. The van der Waals surface area contributed by atoms with Crippen molar-refractivity contribution >= 4 is 5.69 Å². The van der Waals surface area contributed by atoms with Crippen LogP contribution in [0, 0.1) is 12.7 Å². The standard InChI is InChI=1S/C17H23FN2O/c1-4-14(19)10-15-16(18)6-5-7-17(15)20(3)11-13-8-9-21-12(13)2/h5-9,14H,4,10-11,19H2,1-3H3. The Bertz CT molecular complexity index is 594. The predicted octanol–water partition coefficient (Wildman–Crippen LogP) is 3.64. The summed E-state index contributed by atoms with van der Waals surface area (Å²) in [4.78, 5) is 2.04. The van der Waals surface area contributed by atoms with Gasteiger partial charge in [0, 0.05) is 36.4 Å². The van der Waals surface area contributed by atoms with Crippen molar-refractivity contribution in [3.8, 4) is 0 Å². The zero-order valence-corrected chi connectivity index (χ0v) is 12.9. The molecule has 4 heteroatoms. The minimum absolute atomic E-state index is 0.0234. The Morgan fingerprint density at radius 3 is 2.71 bits per heavy atom. The van der Waals surface area contributed by atoms with Gasteiger partial charge in [0.25, 0.3) is 0 Å². The van der Waals surface area contributed by atoms with Crippen LogP contribution in [0.1, 0.15) is 30.2 Å². The molecule has 2 aromatic rings. The van der Waals surface area contributed by atoms with Crippen molar-refractivity contribution in [1.82, 2.24) is 0 Å². The second kappa shape index (κ2) is 6.76. The smallest absolute Gasteiger partial charge is 0.128 e. The van der Waals surface area contributed by atoms with Crippen LogP contribution in [0.25, 0.3) is 0 Å². The highest BCUT2D eigenvalue weighted by molar-refractivity contribution is 5.54. The van der Waals surface area contributed by atoms with Gasteiger partial charge in [0.1, 0.15) is 11.6 Å². The zero-order valence-electron chi connectivity index (χ0n) is 12.9. The summed E-state index contributed by atoms with van der Waals surface area (Å²) < 4.78 is 19.5. The molecule has 114 valence electrons. The molecule has 0 bridgehead atoms. The average molecular weight is 290 g/mol. The van der Waals surface area contributed by atoms with Crippen LogP contribution in [0.15, 0.2) is 34.9 Å². The van der Waals surface area contributed by atoms with Crippen molar-refractivity contribution in [2.24, 2.45) is 5.73 Å². The SMILES string of the molecule is CCC(N)Cc1c(F)cccc1N(C)Cc1ccoc1C. The molecule has 0 aliphatic rings. The first kappa shape index (κ1) is 15.6. The fourth-order valence-corrected chi connectivity index (χ4v) is 2.43. The third-order valence-corrected chi connectivity index (χ3v) is 3.87. The predicted molar refractivity (Wildman–Crippen MR) is 83.9 cm³/mol. The highest BCUT2D eigenvalue weighted by atomic mass is 19.1. The molecule has 0 saturated heterocycles. The lowest BCUT2D eigenvalue weighted by Crippen LogP contribution is -2.25. The molecule has 0 amide bonds. The Labute approximate surface area is 125 Å². The average Bonchev–Trinajstić information content (AvgIpc) is 2.86. The van der Waals surface area contributed by atoms with E-state index in [1.165, 1.54) is 6.07 Å². The molecule has 0 spiro atoms. The number of aryl methyl sites for hydroxylation is 1. The molecule has 21 heavy (non-hydrogen) atoms. The zero-order chi connectivity index (χ0) is 15.4. The largest absolute Gasteiger partial charge is 0.469 e. The van der Waals surface area contributed by atoms with E-state index in [-0.39, 0.29) is 11.9 Å². The van der Waals surface area contributed by atoms with E-state index in [0.29, 0.717) is 18.5 Å². The summed E-state index contributed by atoms with van der Waals surface area (Å²) >= 11 is 0. The molecule has 0 aliphatic heterocycles. The van der Waals surface area contributed by atoms with Gasteiger partial charge in [-0.3, -0.25) is 0 Å². The minimum Gasteiger partial charge on any atom is -0.469 e. The fraction of sp³-hybridized carbons (Fsp3) is 0.412. The monoisotopic (exact) mass is 290 g/mol. The first-order valence-electron chi connectivity index (χ1n) is 7.30. The fourth-order valence-electron chi connectivity index (χ4n) is 2.43. The summed E-state index contributed by atoms with van der Waals surface area (Å²) in [6.07, 6.45) is 3.06. The van der Waals surface area contributed by atoms with Crippen molar-refractivity contribution in [2.75, 3.05) is 11.9 Å². The minimum atomic E-state index is -0.188. The quantitative estimate of drug-likeness (QED) is 0.883. The molecule has 0 fully saturated rings. The first-order valence-corrected chi connectivity index (χ1v) is 7.30. The lowest BCUT2D eigenvalue weighted by atomic mass is 10.0. The van der Waals surface area contributed by atoms with Gasteiger partial charge in [-0.05, 0) is 38.0 Å². The van der Waals surface area contributed by atoms with Gasteiger partial charge >= 0.3 is 0 Å². The molecule has 2 N–H and O–H groups in total. The number of hydrogen-bond acceptors (Lipinski definition) is 3. The number of hydrogen-bond donors (Lipinski definition) is 1. The summed E-state index contributed by atoms with van der Waals surface area (Å²) in [6.45, 7) is 4.63. The van der Waals surface area contributed by atoms with Gasteiger partial charge in [0.15, 0.2) is 0 Å². The molecule has 0 radical (unpaired) electrons. The Morgan fingerprint density at radius 2 is 2.10 bits per heavy atom. The number of nitrogens with zero attached hydrogens (tertiary/aromatic N) is 1. The summed E-state index contributed by atoms with van der Waals surface area (Å²) in [7, 11) is 1.96. The number of anilines is 1. The first-order chi connectivity index (χ1) is 10.0. The molecule has 0 aliphatic carbocycles. The Morgan fingerprint density at radius 1 is 1.33 bits per heavy atom. The molecule has 1 unspecified atom stereocenters. The van der Waals surface area contributed by atoms with E-state index >= 15 is 0 Å². The topological polar surface area (TPSA) is 42.4 Å². The van der Waals surface area contributed by atoms with Crippen molar-refractivity contribution < 1.29 is 8.81 Å². The van der Waals surface area contributed by atoms with E-state index in [4.69, 9.17) is 10.2 Å². The molecular formula is C17H23FN2O. The second-order valence-corrected chi connectivity index (χ2v) is 5.47. The van der Waals surface area contributed by atoms with Gasteiger partial charge in [-0.25, -0.2) is 4.39 Å². The van der Waals surface area contributed by atoms with Crippen molar-refractivity contribution in [3.05, 3.63) is 53.2 Å². The number of benzene rings is 1. The van der Waals surface area contributed by atoms with Gasteiger partial charge in [0.2, 0.25) is 0 Å². The van der Waals surface area contributed by atoms with E-state index in [2.05, 4.69) is 0 Å². The van der Waals surface area contributed by atoms with Crippen molar-refractivity contribution in [1.29, 1.82) is 0 Å². The maximum absolute atomic E-state index is 14.2. The van der Waals surface area contributed by atoms with E-state index in [0.717, 1.165) is 23.4 Å². The summed E-state index contributed by atoms with van der Waals surface area (Å²) in [5.74, 6) is 0.706. The van der Waals surface area contributed by atoms with Crippen LogP contribution in [-0.4, -0.2) is 13.1 Å². The Hall–Kier alpha value is -1.81. The van der Waals surface area contributed by atoms with Crippen molar-refractivity contribution in [2.45, 2.75) is 39.3 Å². The lowest BCUT2D eigenvalue weighted by molar-refractivity contribution is 0.529. The molecule has 1 aromatic heterocycles. The highest BCUT2D eigenvalue weighted by Gasteiger charge is 2.15. The maximum atomic E-state index is 14.2. The van der Waals surface area contributed by atoms with E-state index < -0.39 is 0 Å². The summed E-state index contributed by atoms with van der Waals surface area (Å²) in [5.41, 5.74) is 8.69. The van der Waals surface area contributed by atoms with Crippen LogP contribution in [-0.2, 0) is 13.0 Å². The van der Waals surface area contributed by atoms with Crippen LogP contribution in [0.2, 0.25) is 0 Å². The molecule has 3 nitrogen and oxygen atoms in total. The molecule has 1 aromatic carbocycles. The number of nitrogens with two attached hydrogens (primary N) is 1. The van der Waals surface area contributed by atoms with Gasteiger partial charge in [0.05, 0.1) is 6.26 Å². The van der Waals surface area contributed by atoms with Gasteiger partial charge in [-0.15, -0.1) is 0 Å². The molecule has 0 saturated carbocycles. The second-order valence-electron chi connectivity index (χ2n) is 5.47. The van der Waals surface area contributed by atoms with Crippen LogP contribution >= 0.6 is 0 Å². The third kappa shape index (κ3) is 3.64. The molecule has 1 atom stereocenters. The summed E-state index contributed by atoms with van der Waals surface area (Å²) in [6, 6.07) is 7.10. The van der Waals surface area contributed by atoms with Crippen LogP contribution in [0.3, 0.4) is 0 Å². The van der Waals surface area contributed by atoms with Crippen LogP contribution in [0.4, 0.5) is 10.1 Å². The maximum Gasteiger partial charge on any atom is 0.128 e. The number of halogens is 1. The number of rotatable bonds is 6. The van der Waals surface area contributed by atoms with Gasteiger partial charge in [-0.2, -0.15) is 0 Å². The highest BCUT2D eigenvalue weighted by Crippen LogP contribution is 2.26. The number of furan rings is 1. The van der Waals surface area contributed by atoms with Crippen LogP contribution in [0.5, 0.6) is 0 Å². The lowest BCUT2D eigenvalue weighted by Gasteiger charge is -2.24. The van der Waals surface area contributed by atoms with Gasteiger partial charge in [-0.1, -0.05) is 13.0 Å². The molecule has 2 rings (SSSR count). The van der Waals surface area contributed by atoms with Gasteiger partial charge < -0.3 is 15.1 Å². The Balaban J connectivity index is 2.25. The van der Waals surface area contributed by atoms with E-state index in [1.54, 1.807) is 12.3 Å². The normalized spacial score (nSPS) is 12.4. The molecular weight excluding hydrogens is 267 g/mol. The van der Waals surface area contributed by atoms with E-state index in [9.17, 15) is 4.39 Å².